The van der Waals surface area contributed by atoms with Crippen molar-refractivity contribution in [2.45, 2.75) is 57.1 Å². The molecular formula is C17H25ClFNO. The van der Waals surface area contributed by atoms with Gasteiger partial charge in [0.1, 0.15) is 5.82 Å². The maximum absolute atomic E-state index is 14.4. The average molecular weight is 314 g/mol. The van der Waals surface area contributed by atoms with Crippen LogP contribution < -0.4 is 5.32 Å². The third-order valence-corrected chi connectivity index (χ3v) is 4.74. The van der Waals surface area contributed by atoms with Crippen molar-refractivity contribution >= 4 is 11.6 Å². The van der Waals surface area contributed by atoms with Gasteiger partial charge in [0.05, 0.1) is 11.6 Å². The number of ether oxygens (including phenoxy) is 1. The molecule has 1 unspecified atom stereocenters. The second-order valence-electron chi connectivity index (χ2n) is 5.88. The SMILES string of the molecule is CCCNC(c1ccc(Cl)cc1F)C1(OC)CCCCC1. The van der Waals surface area contributed by atoms with Gasteiger partial charge in [-0.1, -0.05) is 43.9 Å². The van der Waals surface area contributed by atoms with Crippen LogP contribution in [-0.2, 0) is 4.74 Å². The lowest BCUT2D eigenvalue weighted by Crippen LogP contribution is -2.47. The van der Waals surface area contributed by atoms with E-state index in [1.807, 2.05) is 0 Å². The van der Waals surface area contributed by atoms with Gasteiger partial charge in [-0.3, -0.25) is 0 Å². The van der Waals surface area contributed by atoms with E-state index in [1.165, 1.54) is 12.5 Å². The molecule has 2 rings (SSSR count). The normalized spacial score (nSPS) is 19.4. The van der Waals surface area contributed by atoms with E-state index < -0.39 is 0 Å². The van der Waals surface area contributed by atoms with Gasteiger partial charge in [0.2, 0.25) is 0 Å². The molecule has 1 atom stereocenters. The summed E-state index contributed by atoms with van der Waals surface area (Å²) in [5, 5.41) is 3.93. The number of benzene rings is 1. The third-order valence-electron chi connectivity index (χ3n) is 4.50. The highest BCUT2D eigenvalue weighted by Crippen LogP contribution is 2.42. The fourth-order valence-electron chi connectivity index (χ4n) is 3.36. The van der Waals surface area contributed by atoms with Gasteiger partial charge in [-0.25, -0.2) is 4.39 Å². The molecule has 118 valence electrons. The van der Waals surface area contributed by atoms with Crippen molar-refractivity contribution in [2.75, 3.05) is 13.7 Å². The predicted molar refractivity (Wildman–Crippen MR) is 85.3 cm³/mol. The second-order valence-corrected chi connectivity index (χ2v) is 6.32. The summed E-state index contributed by atoms with van der Waals surface area (Å²) in [5.41, 5.74) is 0.346. The first-order chi connectivity index (χ1) is 10.1. The minimum atomic E-state index is -0.317. The Hall–Kier alpha value is -0.640. The van der Waals surface area contributed by atoms with E-state index in [1.54, 1.807) is 19.2 Å². The van der Waals surface area contributed by atoms with Crippen LogP contribution >= 0.6 is 11.6 Å². The van der Waals surface area contributed by atoms with Crippen molar-refractivity contribution in [3.63, 3.8) is 0 Å². The highest BCUT2D eigenvalue weighted by atomic mass is 35.5. The van der Waals surface area contributed by atoms with Gasteiger partial charge in [0, 0.05) is 17.7 Å². The molecule has 1 aromatic rings. The van der Waals surface area contributed by atoms with Crippen molar-refractivity contribution in [1.82, 2.24) is 5.32 Å². The summed E-state index contributed by atoms with van der Waals surface area (Å²) in [7, 11) is 1.75. The summed E-state index contributed by atoms with van der Waals surface area (Å²) >= 11 is 5.89. The molecule has 1 aliphatic rings. The van der Waals surface area contributed by atoms with Crippen LogP contribution in [0.2, 0.25) is 5.02 Å². The molecule has 0 aliphatic heterocycles. The number of methoxy groups -OCH3 is 1. The van der Waals surface area contributed by atoms with Gasteiger partial charge in [-0.15, -0.1) is 0 Å². The van der Waals surface area contributed by atoms with E-state index >= 15 is 0 Å². The molecule has 4 heteroatoms. The molecule has 0 bridgehead atoms. The van der Waals surface area contributed by atoms with Crippen LogP contribution in [-0.4, -0.2) is 19.3 Å². The quantitative estimate of drug-likeness (QED) is 0.809. The summed E-state index contributed by atoms with van der Waals surface area (Å²) < 4.78 is 20.3. The average Bonchev–Trinajstić information content (AvgIpc) is 2.50. The molecule has 1 saturated carbocycles. The Morgan fingerprint density at radius 2 is 2.05 bits per heavy atom. The summed E-state index contributed by atoms with van der Waals surface area (Å²) in [4.78, 5) is 0. The van der Waals surface area contributed by atoms with Crippen molar-refractivity contribution in [3.05, 3.63) is 34.6 Å². The zero-order valence-electron chi connectivity index (χ0n) is 12.9. The number of rotatable bonds is 6. The van der Waals surface area contributed by atoms with Crippen LogP contribution in [0.25, 0.3) is 0 Å². The van der Waals surface area contributed by atoms with Gasteiger partial charge in [0.15, 0.2) is 0 Å². The van der Waals surface area contributed by atoms with Gasteiger partial charge in [-0.05, 0) is 37.9 Å². The fraction of sp³-hybridized carbons (Fsp3) is 0.647. The third kappa shape index (κ3) is 3.77. The predicted octanol–water partition coefficient (Wildman–Crippen LogP) is 4.87. The maximum Gasteiger partial charge on any atom is 0.129 e. The minimum absolute atomic E-state index is 0.125. The molecule has 0 heterocycles. The van der Waals surface area contributed by atoms with E-state index in [-0.39, 0.29) is 17.5 Å². The zero-order valence-corrected chi connectivity index (χ0v) is 13.7. The van der Waals surface area contributed by atoms with E-state index in [0.29, 0.717) is 10.6 Å². The van der Waals surface area contributed by atoms with E-state index in [2.05, 4.69) is 12.2 Å². The summed E-state index contributed by atoms with van der Waals surface area (Å²) in [5.74, 6) is -0.252. The monoisotopic (exact) mass is 313 g/mol. The summed E-state index contributed by atoms with van der Waals surface area (Å²) in [6.45, 7) is 2.96. The highest BCUT2D eigenvalue weighted by Gasteiger charge is 2.41. The van der Waals surface area contributed by atoms with Crippen molar-refractivity contribution in [1.29, 1.82) is 0 Å². The molecule has 0 aromatic heterocycles. The Labute approximate surface area is 132 Å². The molecule has 0 saturated heterocycles. The Morgan fingerprint density at radius 3 is 2.62 bits per heavy atom. The first-order valence-electron chi connectivity index (χ1n) is 7.86. The van der Waals surface area contributed by atoms with E-state index in [9.17, 15) is 4.39 Å². The lowest BCUT2D eigenvalue weighted by Gasteiger charge is -2.43. The van der Waals surface area contributed by atoms with Crippen LogP contribution in [0.5, 0.6) is 0 Å². The molecule has 1 aromatic carbocycles. The van der Waals surface area contributed by atoms with Crippen LogP contribution in [0.1, 0.15) is 57.1 Å². The molecule has 1 N–H and O–H groups in total. The van der Waals surface area contributed by atoms with Crippen molar-refractivity contribution in [3.8, 4) is 0 Å². The first kappa shape index (κ1) is 16.7. The number of hydrogen-bond donors (Lipinski definition) is 1. The van der Waals surface area contributed by atoms with Crippen LogP contribution in [0, 0.1) is 5.82 Å². The summed E-state index contributed by atoms with van der Waals surface area (Å²) in [6, 6.07) is 4.82. The van der Waals surface area contributed by atoms with Gasteiger partial charge in [0.25, 0.3) is 0 Å². The number of nitrogens with one attached hydrogen (secondary N) is 1. The van der Waals surface area contributed by atoms with Crippen LogP contribution in [0.4, 0.5) is 4.39 Å². The van der Waals surface area contributed by atoms with Gasteiger partial charge < -0.3 is 10.1 Å². The zero-order chi connectivity index (χ0) is 15.3. The number of hydrogen-bond acceptors (Lipinski definition) is 2. The van der Waals surface area contributed by atoms with E-state index in [4.69, 9.17) is 16.3 Å². The Balaban J connectivity index is 2.36. The molecule has 0 radical (unpaired) electrons. The largest absolute Gasteiger partial charge is 0.376 e. The first-order valence-corrected chi connectivity index (χ1v) is 8.24. The minimum Gasteiger partial charge on any atom is -0.376 e. The molecule has 0 amide bonds. The van der Waals surface area contributed by atoms with Crippen LogP contribution in [0.3, 0.4) is 0 Å². The Kier molecular flexibility index (Phi) is 6.03. The van der Waals surface area contributed by atoms with Crippen molar-refractivity contribution < 1.29 is 9.13 Å². The maximum atomic E-state index is 14.4. The standard InChI is InChI=1S/C17H25ClFNO/c1-3-11-20-16(14-8-7-13(18)12-15(14)19)17(21-2)9-5-4-6-10-17/h7-8,12,16,20H,3-6,9-11H2,1-2H3. The fourth-order valence-corrected chi connectivity index (χ4v) is 3.52. The molecule has 21 heavy (non-hydrogen) atoms. The summed E-state index contributed by atoms with van der Waals surface area (Å²) in [6.07, 6.45) is 6.43. The van der Waals surface area contributed by atoms with Crippen molar-refractivity contribution in [2.24, 2.45) is 0 Å². The second kappa shape index (κ2) is 7.57. The highest BCUT2D eigenvalue weighted by molar-refractivity contribution is 6.30. The van der Waals surface area contributed by atoms with Crippen LogP contribution in [0.15, 0.2) is 18.2 Å². The molecule has 2 nitrogen and oxygen atoms in total. The van der Waals surface area contributed by atoms with E-state index in [0.717, 1.165) is 38.6 Å². The lowest BCUT2D eigenvalue weighted by molar-refractivity contribution is -0.0694. The number of halogens is 2. The molecular weight excluding hydrogens is 289 g/mol. The molecule has 1 aliphatic carbocycles. The smallest absolute Gasteiger partial charge is 0.129 e. The Morgan fingerprint density at radius 1 is 1.33 bits per heavy atom. The Bertz CT molecular complexity index is 460. The molecule has 0 spiro atoms. The van der Waals surface area contributed by atoms with Gasteiger partial charge in [-0.2, -0.15) is 0 Å². The topological polar surface area (TPSA) is 21.3 Å². The van der Waals surface area contributed by atoms with Gasteiger partial charge >= 0.3 is 0 Å². The lowest BCUT2D eigenvalue weighted by atomic mass is 9.76. The molecule has 1 fully saturated rings.